The number of halogens is 1. The van der Waals surface area contributed by atoms with Crippen molar-refractivity contribution in [3.8, 4) is 5.82 Å². The van der Waals surface area contributed by atoms with Gasteiger partial charge in [-0.05, 0) is 36.1 Å². The van der Waals surface area contributed by atoms with E-state index < -0.39 is 10.0 Å². The van der Waals surface area contributed by atoms with E-state index in [4.69, 9.17) is 11.6 Å². The molecule has 27 heavy (non-hydrogen) atoms. The lowest BCUT2D eigenvalue weighted by Gasteiger charge is -2.19. The fourth-order valence-corrected chi connectivity index (χ4v) is 3.85. The van der Waals surface area contributed by atoms with Gasteiger partial charge in [-0.2, -0.15) is 0 Å². The van der Waals surface area contributed by atoms with Crippen LogP contribution in [0.5, 0.6) is 0 Å². The first-order chi connectivity index (χ1) is 12.6. The molecule has 6 nitrogen and oxygen atoms in total. The minimum atomic E-state index is -3.80. The molecule has 0 unspecified atom stereocenters. The first-order valence-corrected chi connectivity index (χ1v) is 10.2. The number of benzene rings is 1. The molecular formula is C19H21ClN4O2S. The average molecular weight is 405 g/mol. The smallest absolute Gasteiger partial charge is 0.262 e. The summed E-state index contributed by atoms with van der Waals surface area (Å²) in [6.45, 7) is 8.03. The van der Waals surface area contributed by atoms with Crippen LogP contribution < -0.4 is 4.72 Å². The number of anilines is 1. The van der Waals surface area contributed by atoms with E-state index in [1.165, 1.54) is 12.3 Å². The molecule has 0 saturated heterocycles. The summed E-state index contributed by atoms with van der Waals surface area (Å²) in [5, 5.41) is 0.331. The molecule has 3 rings (SSSR count). The molecule has 0 radical (unpaired) electrons. The number of hydrogen-bond donors (Lipinski definition) is 1. The van der Waals surface area contributed by atoms with Crippen molar-refractivity contribution in [3.05, 3.63) is 65.3 Å². The molecule has 142 valence electrons. The van der Waals surface area contributed by atoms with Gasteiger partial charge in [-0.3, -0.25) is 9.29 Å². The predicted octanol–water partition coefficient (Wildman–Crippen LogP) is 4.33. The second-order valence-electron chi connectivity index (χ2n) is 7.25. The van der Waals surface area contributed by atoms with E-state index in [0.717, 1.165) is 5.56 Å². The van der Waals surface area contributed by atoms with Gasteiger partial charge in [0, 0.05) is 18.6 Å². The molecule has 0 fully saturated rings. The minimum Gasteiger partial charge on any atom is -0.286 e. The summed E-state index contributed by atoms with van der Waals surface area (Å²) in [6.07, 6.45) is 4.79. The maximum absolute atomic E-state index is 12.9. The standard InChI is InChI=1S/C19H21ClN4O2S/c1-13-21-9-10-24(13)18-17(11-15(20)12-22-18)23-27(25,26)16-7-5-14(6-8-16)19(2,3)4/h5-12,23H,1-4H3. The molecule has 0 spiro atoms. The molecule has 0 aliphatic heterocycles. The molecule has 2 aromatic heterocycles. The van der Waals surface area contributed by atoms with E-state index in [1.54, 1.807) is 36.0 Å². The lowest BCUT2D eigenvalue weighted by Crippen LogP contribution is -2.16. The Hall–Kier alpha value is -2.38. The van der Waals surface area contributed by atoms with Crippen molar-refractivity contribution in [2.24, 2.45) is 0 Å². The van der Waals surface area contributed by atoms with Gasteiger partial charge in [0.2, 0.25) is 0 Å². The van der Waals surface area contributed by atoms with Crippen molar-refractivity contribution in [1.82, 2.24) is 14.5 Å². The number of aryl methyl sites for hydroxylation is 1. The van der Waals surface area contributed by atoms with Gasteiger partial charge in [0.15, 0.2) is 5.82 Å². The molecule has 0 amide bonds. The second-order valence-corrected chi connectivity index (χ2v) is 9.37. The fraction of sp³-hybridized carbons (Fsp3) is 0.263. The number of pyridine rings is 1. The summed E-state index contributed by atoms with van der Waals surface area (Å²) in [5.41, 5.74) is 1.28. The van der Waals surface area contributed by atoms with Crippen molar-refractivity contribution in [1.29, 1.82) is 0 Å². The van der Waals surface area contributed by atoms with Crippen molar-refractivity contribution in [2.75, 3.05) is 4.72 Å². The normalized spacial score (nSPS) is 12.2. The molecule has 2 heterocycles. The SMILES string of the molecule is Cc1nccn1-c1ncc(Cl)cc1NS(=O)(=O)c1ccc(C(C)(C)C)cc1. The summed E-state index contributed by atoms with van der Waals surface area (Å²) in [5.74, 6) is 1.09. The number of aromatic nitrogens is 3. The third-order valence-electron chi connectivity index (χ3n) is 4.16. The van der Waals surface area contributed by atoms with Crippen LogP contribution in [0.4, 0.5) is 5.69 Å². The van der Waals surface area contributed by atoms with Gasteiger partial charge in [-0.25, -0.2) is 18.4 Å². The number of nitrogens with zero attached hydrogens (tertiary/aromatic N) is 3. The lowest BCUT2D eigenvalue weighted by atomic mass is 9.87. The summed E-state index contributed by atoms with van der Waals surface area (Å²) < 4.78 is 30.0. The van der Waals surface area contributed by atoms with E-state index in [-0.39, 0.29) is 16.0 Å². The van der Waals surface area contributed by atoms with Gasteiger partial charge in [-0.15, -0.1) is 0 Å². The first-order valence-electron chi connectivity index (χ1n) is 8.37. The Morgan fingerprint density at radius 2 is 1.78 bits per heavy atom. The van der Waals surface area contributed by atoms with Crippen molar-refractivity contribution >= 4 is 27.3 Å². The van der Waals surface area contributed by atoms with Crippen molar-refractivity contribution in [3.63, 3.8) is 0 Å². The van der Waals surface area contributed by atoms with Crippen LogP contribution in [0.1, 0.15) is 32.2 Å². The summed E-state index contributed by atoms with van der Waals surface area (Å²) >= 11 is 6.04. The molecule has 8 heteroatoms. The molecular weight excluding hydrogens is 384 g/mol. The molecule has 0 saturated carbocycles. The number of rotatable bonds is 4. The average Bonchev–Trinajstić information content (AvgIpc) is 3.00. The van der Waals surface area contributed by atoms with E-state index in [0.29, 0.717) is 16.7 Å². The Morgan fingerprint density at radius 3 is 2.33 bits per heavy atom. The number of hydrogen-bond acceptors (Lipinski definition) is 4. The summed E-state index contributed by atoms with van der Waals surface area (Å²) in [4.78, 5) is 8.60. The van der Waals surface area contributed by atoms with Crippen LogP contribution in [0.2, 0.25) is 5.02 Å². The van der Waals surface area contributed by atoms with Crippen LogP contribution in [0.25, 0.3) is 5.82 Å². The highest BCUT2D eigenvalue weighted by Gasteiger charge is 2.20. The zero-order valence-corrected chi connectivity index (χ0v) is 17.1. The quantitative estimate of drug-likeness (QED) is 0.702. The zero-order chi connectivity index (χ0) is 19.8. The topological polar surface area (TPSA) is 76.9 Å². The first kappa shape index (κ1) is 19.4. The van der Waals surface area contributed by atoms with Gasteiger partial charge in [0.25, 0.3) is 10.0 Å². The molecule has 3 aromatic rings. The van der Waals surface area contributed by atoms with E-state index in [1.807, 2.05) is 12.1 Å². The number of nitrogens with one attached hydrogen (secondary N) is 1. The third kappa shape index (κ3) is 4.14. The number of imidazole rings is 1. The molecule has 1 aromatic carbocycles. The lowest BCUT2D eigenvalue weighted by molar-refractivity contribution is 0.587. The van der Waals surface area contributed by atoms with Crippen LogP contribution in [-0.2, 0) is 15.4 Å². The largest absolute Gasteiger partial charge is 0.286 e. The van der Waals surface area contributed by atoms with Crippen LogP contribution in [0, 0.1) is 6.92 Å². The molecule has 0 aliphatic carbocycles. The molecule has 0 bridgehead atoms. The molecule has 1 N–H and O–H groups in total. The maximum atomic E-state index is 12.9. The predicted molar refractivity (Wildman–Crippen MR) is 107 cm³/mol. The van der Waals surface area contributed by atoms with Crippen LogP contribution in [-0.4, -0.2) is 23.0 Å². The fourth-order valence-electron chi connectivity index (χ4n) is 2.64. The Morgan fingerprint density at radius 1 is 1.11 bits per heavy atom. The second kappa shape index (κ2) is 6.98. The van der Waals surface area contributed by atoms with Gasteiger partial charge < -0.3 is 0 Å². The van der Waals surface area contributed by atoms with Crippen LogP contribution in [0.15, 0.2) is 53.8 Å². The van der Waals surface area contributed by atoms with Crippen molar-refractivity contribution in [2.45, 2.75) is 38.0 Å². The Balaban J connectivity index is 1.99. The van der Waals surface area contributed by atoms with E-state index in [9.17, 15) is 8.42 Å². The number of sulfonamides is 1. The highest BCUT2D eigenvalue weighted by Crippen LogP contribution is 2.27. The van der Waals surface area contributed by atoms with E-state index in [2.05, 4.69) is 35.5 Å². The molecule has 0 atom stereocenters. The third-order valence-corrected chi connectivity index (χ3v) is 5.75. The summed E-state index contributed by atoms with van der Waals surface area (Å²) in [6, 6.07) is 8.38. The minimum absolute atomic E-state index is 0.0568. The highest BCUT2D eigenvalue weighted by atomic mass is 35.5. The Bertz CT molecular complexity index is 1070. The monoisotopic (exact) mass is 404 g/mol. The van der Waals surface area contributed by atoms with Crippen molar-refractivity contribution < 1.29 is 8.42 Å². The van der Waals surface area contributed by atoms with Gasteiger partial charge >= 0.3 is 0 Å². The van der Waals surface area contributed by atoms with E-state index >= 15 is 0 Å². The maximum Gasteiger partial charge on any atom is 0.262 e. The summed E-state index contributed by atoms with van der Waals surface area (Å²) in [7, 11) is -3.80. The van der Waals surface area contributed by atoms with Gasteiger partial charge in [0.05, 0.1) is 15.6 Å². The Labute approximate surface area is 164 Å². The van der Waals surface area contributed by atoms with Crippen LogP contribution >= 0.6 is 11.6 Å². The van der Waals surface area contributed by atoms with Gasteiger partial charge in [0.1, 0.15) is 5.82 Å². The zero-order valence-electron chi connectivity index (χ0n) is 15.6. The Kier molecular flexibility index (Phi) is 5.01. The molecule has 0 aliphatic rings. The van der Waals surface area contributed by atoms with Gasteiger partial charge in [-0.1, -0.05) is 44.5 Å². The van der Waals surface area contributed by atoms with Crippen LogP contribution in [0.3, 0.4) is 0 Å². The highest BCUT2D eigenvalue weighted by molar-refractivity contribution is 7.92.